The number of rotatable bonds is 7. The van der Waals surface area contributed by atoms with Crippen molar-refractivity contribution in [1.29, 1.82) is 0 Å². The standard InChI is InChI=1S/C26H30N2O5S/c1-3-26(4-2,24(31)28-13-14-34-22(15-28)23(29)30)27-25(32)33-16-21-19-11-7-5-9-17(19)18-10-6-8-12-20(18)21/h5-12,21-22H,3-4,13-16H2,1-2H3,(H,27,32)(H,29,30). The van der Waals surface area contributed by atoms with E-state index in [0.717, 1.165) is 22.3 Å². The third kappa shape index (κ3) is 4.51. The number of amides is 2. The number of carboxylic acids is 1. The highest BCUT2D eigenvalue weighted by molar-refractivity contribution is 8.00. The molecule has 0 bridgehead atoms. The first-order chi connectivity index (χ1) is 16.4. The van der Waals surface area contributed by atoms with Crippen molar-refractivity contribution in [3.63, 3.8) is 0 Å². The van der Waals surface area contributed by atoms with Crippen molar-refractivity contribution < 1.29 is 24.2 Å². The Morgan fingerprint density at radius 3 is 2.21 bits per heavy atom. The van der Waals surface area contributed by atoms with E-state index in [1.165, 1.54) is 11.8 Å². The van der Waals surface area contributed by atoms with Crippen LogP contribution in [0.2, 0.25) is 0 Å². The lowest BCUT2D eigenvalue weighted by atomic mass is 9.91. The minimum Gasteiger partial charge on any atom is -0.480 e. The second-order valence-corrected chi connectivity index (χ2v) is 10.00. The van der Waals surface area contributed by atoms with Crippen LogP contribution in [0.1, 0.15) is 43.7 Å². The first kappa shape index (κ1) is 24.1. The molecule has 8 heteroatoms. The summed E-state index contributed by atoms with van der Waals surface area (Å²) in [4.78, 5) is 39.3. The van der Waals surface area contributed by atoms with Crippen molar-refractivity contribution >= 4 is 29.7 Å². The van der Waals surface area contributed by atoms with Crippen LogP contribution in [0.4, 0.5) is 4.79 Å². The molecule has 0 spiro atoms. The summed E-state index contributed by atoms with van der Waals surface area (Å²) in [7, 11) is 0. The second kappa shape index (κ2) is 10.1. The monoisotopic (exact) mass is 482 g/mol. The lowest BCUT2D eigenvalue weighted by molar-refractivity contribution is -0.141. The maximum Gasteiger partial charge on any atom is 0.408 e. The number of ether oxygens (including phenoxy) is 1. The summed E-state index contributed by atoms with van der Waals surface area (Å²) in [5.41, 5.74) is 3.41. The summed E-state index contributed by atoms with van der Waals surface area (Å²) in [5.74, 6) is -0.693. The van der Waals surface area contributed by atoms with Crippen LogP contribution in [-0.4, -0.2) is 64.2 Å². The molecule has 1 aliphatic carbocycles. The van der Waals surface area contributed by atoms with Crippen LogP contribution < -0.4 is 5.32 Å². The molecule has 1 fully saturated rings. The maximum absolute atomic E-state index is 13.4. The summed E-state index contributed by atoms with van der Waals surface area (Å²) in [6.45, 7) is 4.45. The average Bonchev–Trinajstić information content (AvgIpc) is 3.19. The molecule has 1 heterocycles. The van der Waals surface area contributed by atoms with Crippen molar-refractivity contribution in [2.45, 2.75) is 43.4 Å². The lowest BCUT2D eigenvalue weighted by Gasteiger charge is -2.39. The van der Waals surface area contributed by atoms with Crippen molar-refractivity contribution in [2.75, 3.05) is 25.4 Å². The number of nitrogens with one attached hydrogen (secondary N) is 1. The van der Waals surface area contributed by atoms with Gasteiger partial charge in [0, 0.05) is 24.8 Å². The third-order valence-electron chi connectivity index (χ3n) is 6.93. The number of hydrogen-bond donors (Lipinski definition) is 2. The molecule has 7 nitrogen and oxygen atoms in total. The minimum atomic E-state index is -1.13. The van der Waals surface area contributed by atoms with Crippen LogP contribution in [0.3, 0.4) is 0 Å². The maximum atomic E-state index is 13.4. The van der Waals surface area contributed by atoms with Gasteiger partial charge in [-0.15, -0.1) is 11.8 Å². The Kier molecular flexibility index (Phi) is 7.16. The van der Waals surface area contributed by atoms with Gasteiger partial charge in [-0.2, -0.15) is 0 Å². The number of hydrogen-bond acceptors (Lipinski definition) is 5. The van der Waals surface area contributed by atoms with Gasteiger partial charge in [0.05, 0.1) is 0 Å². The molecule has 180 valence electrons. The van der Waals surface area contributed by atoms with E-state index >= 15 is 0 Å². The molecule has 2 aromatic rings. The Morgan fingerprint density at radius 1 is 1.06 bits per heavy atom. The van der Waals surface area contributed by atoms with Crippen LogP contribution in [0.25, 0.3) is 11.1 Å². The Hall–Kier alpha value is -3.00. The van der Waals surface area contributed by atoms with E-state index in [4.69, 9.17) is 4.74 Å². The Balaban J connectivity index is 1.46. The molecule has 0 radical (unpaired) electrons. The van der Waals surface area contributed by atoms with E-state index in [0.29, 0.717) is 25.1 Å². The number of nitrogens with zero attached hydrogens (tertiary/aromatic N) is 1. The average molecular weight is 483 g/mol. The topological polar surface area (TPSA) is 95.9 Å². The number of carbonyl (C=O) groups excluding carboxylic acids is 2. The summed E-state index contributed by atoms with van der Waals surface area (Å²) in [6.07, 6.45) is 0.127. The number of aliphatic carboxylic acids is 1. The molecule has 0 aromatic heterocycles. The van der Waals surface area contributed by atoms with Gasteiger partial charge < -0.3 is 20.1 Å². The molecule has 2 aliphatic rings. The quantitative estimate of drug-likeness (QED) is 0.617. The third-order valence-corrected chi connectivity index (χ3v) is 8.10. The fourth-order valence-electron chi connectivity index (χ4n) is 4.90. The Labute approximate surface area is 203 Å². The van der Waals surface area contributed by atoms with Gasteiger partial charge in [0.2, 0.25) is 5.91 Å². The number of benzene rings is 2. The molecule has 2 N–H and O–H groups in total. The smallest absolute Gasteiger partial charge is 0.408 e. The fourth-order valence-corrected chi connectivity index (χ4v) is 5.94. The highest BCUT2D eigenvalue weighted by Crippen LogP contribution is 2.44. The van der Waals surface area contributed by atoms with Gasteiger partial charge in [0.25, 0.3) is 0 Å². The number of carboxylic acid groups (broad SMARTS) is 1. The largest absolute Gasteiger partial charge is 0.480 e. The van der Waals surface area contributed by atoms with E-state index in [1.807, 2.05) is 38.1 Å². The van der Waals surface area contributed by atoms with E-state index in [9.17, 15) is 19.5 Å². The van der Waals surface area contributed by atoms with Gasteiger partial charge in [-0.1, -0.05) is 62.4 Å². The normalized spacial score (nSPS) is 17.6. The first-order valence-corrected chi connectivity index (χ1v) is 12.7. The molecular formula is C26H30N2O5S. The van der Waals surface area contributed by atoms with Crippen LogP contribution in [0, 0.1) is 0 Å². The fraction of sp³-hybridized carbons (Fsp3) is 0.423. The zero-order valence-corrected chi connectivity index (χ0v) is 20.3. The summed E-state index contributed by atoms with van der Waals surface area (Å²) in [5, 5.41) is 11.5. The van der Waals surface area contributed by atoms with Crippen molar-refractivity contribution in [1.82, 2.24) is 10.2 Å². The molecule has 4 rings (SSSR count). The molecule has 1 saturated heterocycles. The molecule has 2 aromatic carbocycles. The van der Waals surface area contributed by atoms with Crippen LogP contribution in [0.5, 0.6) is 0 Å². The predicted octanol–water partition coefficient (Wildman–Crippen LogP) is 4.11. The molecule has 2 amide bonds. The summed E-state index contributed by atoms with van der Waals surface area (Å²) >= 11 is 1.34. The summed E-state index contributed by atoms with van der Waals surface area (Å²) < 4.78 is 5.68. The van der Waals surface area contributed by atoms with Gasteiger partial charge in [-0.25, -0.2) is 4.79 Å². The van der Waals surface area contributed by atoms with E-state index in [2.05, 4.69) is 29.6 Å². The van der Waals surface area contributed by atoms with Crippen molar-refractivity contribution in [3.8, 4) is 11.1 Å². The van der Waals surface area contributed by atoms with Gasteiger partial charge >= 0.3 is 12.1 Å². The second-order valence-electron chi connectivity index (χ2n) is 8.69. The molecule has 34 heavy (non-hydrogen) atoms. The van der Waals surface area contributed by atoms with E-state index < -0.39 is 22.9 Å². The van der Waals surface area contributed by atoms with Crippen LogP contribution >= 0.6 is 11.8 Å². The number of carbonyl (C=O) groups is 3. The predicted molar refractivity (Wildman–Crippen MR) is 132 cm³/mol. The van der Waals surface area contributed by atoms with E-state index in [-0.39, 0.29) is 25.0 Å². The minimum absolute atomic E-state index is 0.0676. The SMILES string of the molecule is CCC(CC)(NC(=O)OCC1c2ccccc2-c2ccccc21)C(=O)N1CCSC(C(=O)O)C1. The van der Waals surface area contributed by atoms with Crippen LogP contribution in [-0.2, 0) is 14.3 Å². The Bertz CT molecular complexity index is 1040. The molecule has 1 atom stereocenters. The van der Waals surface area contributed by atoms with E-state index in [1.54, 1.807) is 4.90 Å². The van der Waals surface area contributed by atoms with Crippen LogP contribution in [0.15, 0.2) is 48.5 Å². The van der Waals surface area contributed by atoms with Crippen molar-refractivity contribution in [3.05, 3.63) is 59.7 Å². The Morgan fingerprint density at radius 2 is 1.65 bits per heavy atom. The number of alkyl carbamates (subject to hydrolysis) is 1. The molecule has 1 aliphatic heterocycles. The summed E-state index contributed by atoms with van der Waals surface area (Å²) in [6, 6.07) is 16.2. The van der Waals surface area contributed by atoms with Gasteiger partial charge in [-0.3, -0.25) is 9.59 Å². The van der Waals surface area contributed by atoms with Gasteiger partial charge in [0.15, 0.2) is 0 Å². The number of fused-ring (bicyclic) bond motifs is 3. The zero-order chi connectivity index (χ0) is 24.3. The highest BCUT2D eigenvalue weighted by atomic mass is 32.2. The molecule has 0 saturated carbocycles. The highest BCUT2D eigenvalue weighted by Gasteiger charge is 2.42. The lowest BCUT2D eigenvalue weighted by Crippen LogP contribution is -2.61. The van der Waals surface area contributed by atoms with Gasteiger partial charge in [-0.05, 0) is 35.1 Å². The van der Waals surface area contributed by atoms with Gasteiger partial charge in [0.1, 0.15) is 17.4 Å². The molecular weight excluding hydrogens is 452 g/mol. The zero-order valence-electron chi connectivity index (χ0n) is 19.5. The first-order valence-electron chi connectivity index (χ1n) is 11.7. The number of thioether (sulfide) groups is 1. The molecule has 1 unspecified atom stereocenters. The van der Waals surface area contributed by atoms with Crippen molar-refractivity contribution in [2.24, 2.45) is 0 Å².